The molecule has 0 heterocycles. The fourth-order valence-corrected chi connectivity index (χ4v) is 4.28. The van der Waals surface area contributed by atoms with Crippen LogP contribution in [0, 0.1) is 26.4 Å². The van der Waals surface area contributed by atoms with Crippen LogP contribution in [0.15, 0.2) is 30.3 Å². The Morgan fingerprint density at radius 3 is 2.44 bits per heavy atom. The van der Waals surface area contributed by atoms with E-state index in [4.69, 9.17) is 14.7 Å². The van der Waals surface area contributed by atoms with Crippen LogP contribution in [-0.4, -0.2) is 35.8 Å². The Morgan fingerprint density at radius 2 is 1.82 bits per heavy atom. The van der Waals surface area contributed by atoms with Crippen molar-refractivity contribution in [3.05, 3.63) is 56.9 Å². The zero-order valence-corrected chi connectivity index (χ0v) is 20.7. The maximum Gasteiger partial charge on any atom is 0.304 e. The Bertz CT molecular complexity index is 1100. The average Bonchev–Trinajstić information content (AvgIpc) is 2.76. The minimum absolute atomic E-state index is 0.0197. The number of nitrogens with one attached hydrogen (secondary N) is 2. The number of benzene rings is 2. The molecular weight excluding hydrogens is 568 g/mol. The van der Waals surface area contributed by atoms with Crippen molar-refractivity contribution in [3.8, 4) is 0 Å². The van der Waals surface area contributed by atoms with E-state index in [0.29, 0.717) is 9.99 Å². The van der Waals surface area contributed by atoms with E-state index in [-0.39, 0.29) is 30.9 Å². The summed E-state index contributed by atoms with van der Waals surface area (Å²) >= 11 is 1.90. The lowest BCUT2D eigenvalue weighted by atomic mass is 9.57. The first-order chi connectivity index (χ1) is 16.0. The lowest BCUT2D eigenvalue weighted by Crippen LogP contribution is -2.56. The lowest BCUT2D eigenvalue weighted by Gasteiger charge is -2.55. The summed E-state index contributed by atoms with van der Waals surface area (Å²) in [5.41, 5.74) is 0.0365. The number of halogens is 4. The first kappa shape index (κ1) is 26.2. The Hall–Kier alpha value is -2.38. The fourth-order valence-electron chi connectivity index (χ4n) is 3.83. The van der Waals surface area contributed by atoms with Crippen LogP contribution in [0.5, 0.6) is 0 Å². The van der Waals surface area contributed by atoms with Crippen molar-refractivity contribution in [2.75, 3.05) is 18.5 Å². The smallest absolute Gasteiger partial charge is 0.304 e. The number of anilines is 2. The number of ether oxygens (including phenoxy) is 1. The molecule has 2 atom stereocenters. The Kier molecular flexibility index (Phi) is 8.09. The van der Waals surface area contributed by atoms with Crippen molar-refractivity contribution >= 4 is 45.8 Å². The van der Waals surface area contributed by atoms with Gasteiger partial charge in [0.15, 0.2) is 11.6 Å². The highest BCUT2D eigenvalue weighted by atomic mass is 127. The summed E-state index contributed by atoms with van der Waals surface area (Å²) in [5.74, 6) is -5.03. The van der Waals surface area contributed by atoms with Crippen LogP contribution in [0.3, 0.4) is 0 Å². The molecule has 0 saturated heterocycles. The molecule has 1 saturated carbocycles. The molecule has 0 bridgehead atoms. The SMILES string of the molecule is CC1(CC(=O)O)CCC1(C)OCCONC(=O)c1ccc(F)c(F)c1Nc1ccc(I)cc1F. The summed E-state index contributed by atoms with van der Waals surface area (Å²) in [6, 6.07) is 5.94. The highest BCUT2D eigenvalue weighted by Gasteiger charge is 2.54. The van der Waals surface area contributed by atoms with Crippen LogP contribution >= 0.6 is 22.6 Å². The minimum Gasteiger partial charge on any atom is -0.481 e. The van der Waals surface area contributed by atoms with Gasteiger partial charge in [0, 0.05) is 8.99 Å². The predicted octanol–water partition coefficient (Wildman–Crippen LogP) is 5.16. The molecule has 1 fully saturated rings. The summed E-state index contributed by atoms with van der Waals surface area (Å²) < 4.78 is 48.9. The molecule has 11 heteroatoms. The lowest BCUT2D eigenvalue weighted by molar-refractivity contribution is -0.201. The molecule has 34 heavy (non-hydrogen) atoms. The fraction of sp³-hybridized carbons (Fsp3) is 0.391. The Balaban J connectivity index is 1.60. The predicted molar refractivity (Wildman–Crippen MR) is 126 cm³/mol. The zero-order valence-electron chi connectivity index (χ0n) is 18.5. The number of carboxylic acids is 1. The van der Waals surface area contributed by atoms with E-state index < -0.39 is 46.0 Å². The van der Waals surface area contributed by atoms with E-state index >= 15 is 0 Å². The molecule has 1 aliphatic carbocycles. The Labute approximate surface area is 208 Å². The summed E-state index contributed by atoms with van der Waals surface area (Å²) in [5, 5.41) is 11.5. The molecule has 0 aromatic heterocycles. The number of carbonyl (C=O) groups excluding carboxylic acids is 1. The Morgan fingerprint density at radius 1 is 1.09 bits per heavy atom. The molecule has 7 nitrogen and oxygen atoms in total. The van der Waals surface area contributed by atoms with Gasteiger partial charge in [0.05, 0.1) is 42.2 Å². The molecule has 3 rings (SSSR count). The summed E-state index contributed by atoms with van der Waals surface area (Å²) in [6.45, 7) is 3.69. The molecule has 0 spiro atoms. The maximum absolute atomic E-state index is 14.5. The third kappa shape index (κ3) is 5.63. The maximum atomic E-state index is 14.5. The van der Waals surface area contributed by atoms with Gasteiger partial charge in [-0.2, -0.15) is 0 Å². The van der Waals surface area contributed by atoms with Crippen LogP contribution in [0.1, 0.15) is 43.5 Å². The van der Waals surface area contributed by atoms with Crippen molar-refractivity contribution in [2.24, 2.45) is 5.41 Å². The molecule has 0 aliphatic heterocycles. The third-order valence-electron chi connectivity index (χ3n) is 6.27. The molecule has 2 aromatic rings. The van der Waals surface area contributed by atoms with Gasteiger partial charge in [-0.05, 0) is 72.7 Å². The van der Waals surface area contributed by atoms with Crippen LogP contribution in [-0.2, 0) is 14.4 Å². The van der Waals surface area contributed by atoms with Crippen LogP contribution < -0.4 is 10.8 Å². The van der Waals surface area contributed by atoms with E-state index in [0.717, 1.165) is 18.6 Å². The number of hydrogen-bond donors (Lipinski definition) is 3. The molecule has 0 radical (unpaired) electrons. The molecule has 184 valence electrons. The van der Waals surface area contributed by atoms with Gasteiger partial charge < -0.3 is 15.2 Å². The van der Waals surface area contributed by atoms with Crippen molar-refractivity contribution < 1.29 is 37.4 Å². The second-order valence-electron chi connectivity index (χ2n) is 8.52. The first-order valence-electron chi connectivity index (χ1n) is 10.4. The van der Waals surface area contributed by atoms with Gasteiger partial charge >= 0.3 is 5.97 Å². The standard InChI is InChI=1S/C23H24F3IN2O5/c1-22(12-18(30)31)7-8-23(22,2)33-9-10-34-29-21(32)14-4-5-15(24)19(26)20(14)28-17-6-3-13(27)11-16(17)25/h3-6,11,28H,7-10,12H2,1-2H3,(H,29,32)(H,30,31). The number of aliphatic carboxylic acids is 1. The number of amides is 1. The van der Waals surface area contributed by atoms with Crippen molar-refractivity contribution in [1.82, 2.24) is 5.48 Å². The first-order valence-corrected chi connectivity index (χ1v) is 11.5. The van der Waals surface area contributed by atoms with E-state index in [1.807, 2.05) is 36.4 Å². The topological polar surface area (TPSA) is 96.9 Å². The average molecular weight is 592 g/mol. The van der Waals surface area contributed by atoms with Gasteiger partial charge in [0.25, 0.3) is 5.91 Å². The van der Waals surface area contributed by atoms with Crippen molar-refractivity contribution in [1.29, 1.82) is 0 Å². The number of rotatable bonds is 10. The molecule has 1 aliphatic rings. The van der Waals surface area contributed by atoms with E-state index in [1.165, 1.54) is 12.1 Å². The van der Waals surface area contributed by atoms with E-state index in [2.05, 4.69) is 10.8 Å². The molecule has 3 N–H and O–H groups in total. The van der Waals surface area contributed by atoms with Gasteiger partial charge in [-0.25, -0.2) is 18.7 Å². The molecular formula is C23H24F3IN2O5. The largest absolute Gasteiger partial charge is 0.481 e. The quantitative estimate of drug-likeness (QED) is 0.200. The number of hydrogen-bond acceptors (Lipinski definition) is 5. The second kappa shape index (κ2) is 10.5. The van der Waals surface area contributed by atoms with Crippen LogP contribution in [0.2, 0.25) is 0 Å². The normalized spacial score (nSPS) is 21.6. The zero-order chi connectivity index (χ0) is 25.1. The van der Waals surface area contributed by atoms with Crippen LogP contribution in [0.25, 0.3) is 0 Å². The van der Waals surface area contributed by atoms with Crippen molar-refractivity contribution in [2.45, 2.75) is 38.7 Å². The molecule has 1 amide bonds. The summed E-state index contributed by atoms with van der Waals surface area (Å²) in [6.07, 6.45) is 1.40. The van der Waals surface area contributed by atoms with Gasteiger partial charge in [-0.3, -0.25) is 14.4 Å². The highest BCUT2D eigenvalue weighted by Crippen LogP contribution is 2.54. The van der Waals surface area contributed by atoms with Crippen molar-refractivity contribution in [3.63, 3.8) is 0 Å². The number of carbonyl (C=O) groups is 2. The monoisotopic (exact) mass is 592 g/mol. The van der Waals surface area contributed by atoms with E-state index in [9.17, 15) is 22.8 Å². The van der Waals surface area contributed by atoms with Gasteiger partial charge in [0.2, 0.25) is 0 Å². The third-order valence-corrected chi connectivity index (χ3v) is 6.94. The number of carboxylic acid groups (broad SMARTS) is 1. The van der Waals surface area contributed by atoms with E-state index in [1.54, 1.807) is 6.07 Å². The minimum atomic E-state index is -1.34. The van der Waals surface area contributed by atoms with Crippen LogP contribution in [0.4, 0.5) is 24.5 Å². The highest BCUT2D eigenvalue weighted by molar-refractivity contribution is 14.1. The van der Waals surface area contributed by atoms with Gasteiger partial charge in [-0.15, -0.1) is 0 Å². The molecule has 2 aromatic carbocycles. The van der Waals surface area contributed by atoms with Gasteiger partial charge in [-0.1, -0.05) is 6.92 Å². The second-order valence-corrected chi connectivity index (χ2v) is 9.77. The summed E-state index contributed by atoms with van der Waals surface area (Å²) in [7, 11) is 0. The number of hydroxylamine groups is 1. The summed E-state index contributed by atoms with van der Waals surface area (Å²) in [4.78, 5) is 28.8. The van der Waals surface area contributed by atoms with Gasteiger partial charge in [0.1, 0.15) is 5.82 Å². The molecule has 2 unspecified atom stereocenters.